The van der Waals surface area contributed by atoms with Crippen LogP contribution in [0.5, 0.6) is 0 Å². The van der Waals surface area contributed by atoms with Crippen molar-refractivity contribution in [3.8, 4) is 11.3 Å². The Kier molecular flexibility index (Phi) is 12.3. The summed E-state index contributed by atoms with van der Waals surface area (Å²) in [5.41, 5.74) is 0.733. The molecule has 0 fully saturated rings. The lowest BCUT2D eigenvalue weighted by Gasteiger charge is -2.05. The van der Waals surface area contributed by atoms with Crippen molar-refractivity contribution in [1.29, 1.82) is 0 Å². The molecule has 2 aromatic rings. The van der Waals surface area contributed by atoms with Crippen molar-refractivity contribution in [3.05, 3.63) is 46.7 Å². The van der Waals surface area contributed by atoms with Crippen LogP contribution in [0, 0.1) is 0 Å². The van der Waals surface area contributed by atoms with Gasteiger partial charge in [-0.3, -0.25) is 0 Å². The minimum Gasteiger partial charge on any atom is -0.478 e. The van der Waals surface area contributed by atoms with Gasteiger partial charge in [0.25, 0.3) is 0 Å². The SMILES string of the molecule is Cl.Cl.O=C(O)c1ccc(Cl)c(-c2ccc(CNCCCNCCO)o2)c1. The molecule has 0 saturated carbocycles. The number of aliphatic hydroxyl groups is 1. The molecule has 0 bridgehead atoms. The highest BCUT2D eigenvalue weighted by molar-refractivity contribution is 6.33. The summed E-state index contributed by atoms with van der Waals surface area (Å²) in [7, 11) is 0. The van der Waals surface area contributed by atoms with Gasteiger partial charge in [0.2, 0.25) is 0 Å². The third-order valence-corrected chi connectivity index (χ3v) is 3.76. The van der Waals surface area contributed by atoms with E-state index in [0.29, 0.717) is 29.4 Å². The van der Waals surface area contributed by atoms with Gasteiger partial charge in [-0.25, -0.2) is 4.79 Å². The largest absolute Gasteiger partial charge is 0.478 e. The maximum absolute atomic E-state index is 11.1. The van der Waals surface area contributed by atoms with Gasteiger partial charge in [-0.2, -0.15) is 0 Å². The van der Waals surface area contributed by atoms with Gasteiger partial charge in [-0.1, -0.05) is 11.6 Å². The van der Waals surface area contributed by atoms with E-state index in [9.17, 15) is 4.79 Å². The van der Waals surface area contributed by atoms with Gasteiger partial charge in [0.1, 0.15) is 11.5 Å². The Hall–Kier alpha value is -1.28. The molecule has 146 valence electrons. The second kappa shape index (κ2) is 13.0. The molecule has 0 aliphatic heterocycles. The zero-order valence-corrected chi connectivity index (χ0v) is 16.4. The van der Waals surface area contributed by atoms with Crippen molar-refractivity contribution in [1.82, 2.24) is 10.6 Å². The van der Waals surface area contributed by atoms with E-state index in [1.54, 1.807) is 12.1 Å². The molecule has 9 heteroatoms. The number of nitrogens with one attached hydrogen (secondary N) is 2. The van der Waals surface area contributed by atoms with E-state index in [4.69, 9.17) is 26.2 Å². The van der Waals surface area contributed by atoms with Crippen LogP contribution in [-0.2, 0) is 6.54 Å². The monoisotopic (exact) mass is 424 g/mol. The van der Waals surface area contributed by atoms with Crippen molar-refractivity contribution in [2.75, 3.05) is 26.2 Å². The van der Waals surface area contributed by atoms with E-state index < -0.39 is 5.97 Å². The predicted molar refractivity (Wildman–Crippen MR) is 107 cm³/mol. The number of halogens is 3. The van der Waals surface area contributed by atoms with Crippen LogP contribution in [0.15, 0.2) is 34.7 Å². The Morgan fingerprint density at radius 2 is 1.81 bits per heavy atom. The minimum atomic E-state index is -1.00. The summed E-state index contributed by atoms with van der Waals surface area (Å²) in [5.74, 6) is 0.297. The summed E-state index contributed by atoms with van der Waals surface area (Å²) >= 11 is 6.14. The lowest BCUT2D eigenvalue weighted by molar-refractivity contribution is 0.0697. The number of benzene rings is 1. The molecule has 4 N–H and O–H groups in total. The average Bonchev–Trinajstić information content (AvgIpc) is 3.03. The zero-order valence-electron chi connectivity index (χ0n) is 14.0. The number of carboxylic acids is 1. The molecule has 1 aromatic heterocycles. The summed E-state index contributed by atoms with van der Waals surface area (Å²) in [5, 5.41) is 24.5. The van der Waals surface area contributed by atoms with Crippen molar-refractivity contribution in [3.63, 3.8) is 0 Å². The number of aromatic carboxylic acids is 1. The van der Waals surface area contributed by atoms with Gasteiger partial charge in [0.05, 0.1) is 23.7 Å². The number of aliphatic hydroxyl groups excluding tert-OH is 1. The number of hydrogen-bond acceptors (Lipinski definition) is 5. The highest BCUT2D eigenvalue weighted by Gasteiger charge is 2.12. The molecule has 0 aliphatic carbocycles. The smallest absolute Gasteiger partial charge is 0.335 e. The van der Waals surface area contributed by atoms with E-state index in [2.05, 4.69) is 10.6 Å². The summed E-state index contributed by atoms with van der Waals surface area (Å²) in [6, 6.07) is 8.15. The highest BCUT2D eigenvalue weighted by atomic mass is 35.5. The summed E-state index contributed by atoms with van der Waals surface area (Å²) in [6.45, 7) is 3.00. The molecule has 26 heavy (non-hydrogen) atoms. The molecule has 0 radical (unpaired) electrons. The zero-order chi connectivity index (χ0) is 17.4. The van der Waals surface area contributed by atoms with Gasteiger partial charge < -0.3 is 25.3 Å². The average molecular weight is 426 g/mol. The topological polar surface area (TPSA) is 94.7 Å². The van der Waals surface area contributed by atoms with Gasteiger partial charge in [-0.15, -0.1) is 24.8 Å². The quantitative estimate of drug-likeness (QED) is 0.437. The molecule has 2 rings (SSSR count). The summed E-state index contributed by atoms with van der Waals surface area (Å²) in [4.78, 5) is 11.1. The molecule has 1 heterocycles. The molecule has 0 aliphatic rings. The Bertz CT molecular complexity index is 680. The molecule has 0 saturated heterocycles. The van der Waals surface area contributed by atoms with Crippen LogP contribution >= 0.6 is 36.4 Å². The summed E-state index contributed by atoms with van der Waals surface area (Å²) < 4.78 is 5.74. The van der Waals surface area contributed by atoms with Crippen LogP contribution in [0.3, 0.4) is 0 Å². The molecule has 0 atom stereocenters. The molecule has 6 nitrogen and oxygen atoms in total. The molecule has 0 unspecified atom stereocenters. The number of hydrogen-bond donors (Lipinski definition) is 4. The van der Waals surface area contributed by atoms with Crippen LogP contribution in [0.1, 0.15) is 22.5 Å². The van der Waals surface area contributed by atoms with Crippen LogP contribution < -0.4 is 10.6 Å². The molecular weight excluding hydrogens is 403 g/mol. The third-order valence-electron chi connectivity index (χ3n) is 3.44. The normalized spacial score (nSPS) is 10.1. The van der Waals surface area contributed by atoms with E-state index >= 15 is 0 Å². The Labute approximate surface area is 169 Å². The predicted octanol–water partition coefficient (Wildman–Crippen LogP) is 3.20. The van der Waals surface area contributed by atoms with Crippen LogP contribution in [0.2, 0.25) is 5.02 Å². The number of carbonyl (C=O) groups is 1. The first-order valence-corrected chi connectivity index (χ1v) is 8.14. The lowest BCUT2D eigenvalue weighted by Crippen LogP contribution is -2.23. The van der Waals surface area contributed by atoms with Crippen LogP contribution in [0.25, 0.3) is 11.3 Å². The van der Waals surface area contributed by atoms with Crippen LogP contribution in [0.4, 0.5) is 0 Å². The van der Waals surface area contributed by atoms with E-state index in [1.807, 2.05) is 6.07 Å². The molecule has 0 amide bonds. The maximum Gasteiger partial charge on any atom is 0.335 e. The maximum atomic E-state index is 11.1. The van der Waals surface area contributed by atoms with Gasteiger partial charge in [0.15, 0.2) is 0 Å². The van der Waals surface area contributed by atoms with Crippen molar-refractivity contribution < 1.29 is 19.4 Å². The first kappa shape index (κ1) is 24.7. The number of rotatable bonds is 10. The Morgan fingerprint density at radius 1 is 1.08 bits per heavy atom. The first-order chi connectivity index (χ1) is 11.6. The van der Waals surface area contributed by atoms with E-state index in [0.717, 1.165) is 25.3 Å². The third kappa shape index (κ3) is 7.53. The minimum absolute atomic E-state index is 0. The van der Waals surface area contributed by atoms with Crippen molar-refractivity contribution in [2.45, 2.75) is 13.0 Å². The molecule has 0 spiro atoms. The standard InChI is InChI=1S/C17H21ClN2O4.2ClH/c18-15-4-2-12(17(22)23)10-14(15)16-5-3-13(24-16)11-20-7-1-6-19-8-9-21;;/h2-5,10,19-21H,1,6-9,11H2,(H,22,23);2*1H. The number of carboxylic acid groups (broad SMARTS) is 1. The second-order valence-electron chi connectivity index (χ2n) is 5.27. The number of furan rings is 1. The van der Waals surface area contributed by atoms with E-state index in [1.165, 1.54) is 12.1 Å². The fourth-order valence-corrected chi connectivity index (χ4v) is 2.43. The summed E-state index contributed by atoms with van der Waals surface area (Å²) in [6.07, 6.45) is 0.944. The lowest BCUT2D eigenvalue weighted by atomic mass is 10.1. The van der Waals surface area contributed by atoms with Crippen molar-refractivity contribution >= 4 is 42.4 Å². The van der Waals surface area contributed by atoms with Gasteiger partial charge in [-0.05, 0) is 49.8 Å². The fraction of sp³-hybridized carbons (Fsp3) is 0.353. The fourth-order valence-electron chi connectivity index (χ4n) is 2.22. The Balaban J connectivity index is 0.00000312. The highest BCUT2D eigenvalue weighted by Crippen LogP contribution is 2.30. The molecular formula is C17H23Cl3N2O4. The first-order valence-electron chi connectivity index (χ1n) is 7.76. The van der Waals surface area contributed by atoms with Crippen molar-refractivity contribution in [2.24, 2.45) is 0 Å². The van der Waals surface area contributed by atoms with Crippen LogP contribution in [-0.4, -0.2) is 42.4 Å². The van der Waals surface area contributed by atoms with E-state index in [-0.39, 0.29) is 37.0 Å². The van der Waals surface area contributed by atoms with Gasteiger partial charge >= 0.3 is 5.97 Å². The Morgan fingerprint density at radius 3 is 2.50 bits per heavy atom. The van der Waals surface area contributed by atoms with Gasteiger partial charge in [0, 0.05) is 12.1 Å². The second-order valence-corrected chi connectivity index (χ2v) is 5.68. The molecule has 1 aromatic carbocycles.